The van der Waals surface area contributed by atoms with Crippen molar-refractivity contribution in [2.45, 2.75) is 24.8 Å². The first-order valence-electron chi connectivity index (χ1n) is 9.13. The Balaban J connectivity index is 1.89. The Kier molecular flexibility index (Phi) is 8.25. The lowest BCUT2D eigenvalue weighted by Crippen LogP contribution is -2.40. The lowest BCUT2D eigenvalue weighted by atomic mass is 10.3. The molecule has 0 bridgehead atoms. The SMILES string of the molecule is CCNC(=NCC(C)Oc1ccccc1F)NCCS(=O)(=O)c1ccccc1. The third-order valence-corrected chi connectivity index (χ3v) is 5.51. The zero-order valence-corrected chi connectivity index (χ0v) is 16.9. The molecule has 0 amide bonds. The summed E-state index contributed by atoms with van der Waals surface area (Å²) >= 11 is 0. The van der Waals surface area contributed by atoms with Crippen LogP contribution in [0.5, 0.6) is 5.75 Å². The molecule has 2 aromatic carbocycles. The maximum Gasteiger partial charge on any atom is 0.191 e. The number of para-hydroxylation sites is 1. The van der Waals surface area contributed by atoms with Crippen LogP contribution in [0.15, 0.2) is 64.5 Å². The zero-order chi connectivity index (χ0) is 20.4. The van der Waals surface area contributed by atoms with E-state index in [4.69, 9.17) is 4.74 Å². The molecule has 0 aliphatic heterocycles. The highest BCUT2D eigenvalue weighted by molar-refractivity contribution is 7.91. The van der Waals surface area contributed by atoms with Crippen molar-refractivity contribution in [3.63, 3.8) is 0 Å². The molecule has 8 heteroatoms. The number of nitrogens with zero attached hydrogens (tertiary/aromatic N) is 1. The van der Waals surface area contributed by atoms with Crippen molar-refractivity contribution in [2.75, 3.05) is 25.4 Å². The van der Waals surface area contributed by atoms with Gasteiger partial charge in [0.2, 0.25) is 0 Å². The van der Waals surface area contributed by atoms with Crippen molar-refractivity contribution in [3.8, 4) is 5.75 Å². The Hall–Kier alpha value is -2.61. The molecule has 2 rings (SSSR count). The van der Waals surface area contributed by atoms with Crippen LogP contribution in [0.4, 0.5) is 4.39 Å². The molecule has 0 aromatic heterocycles. The Morgan fingerprint density at radius 3 is 2.46 bits per heavy atom. The van der Waals surface area contributed by atoms with Crippen LogP contribution in [0.1, 0.15) is 13.8 Å². The van der Waals surface area contributed by atoms with Crippen molar-refractivity contribution in [1.29, 1.82) is 0 Å². The van der Waals surface area contributed by atoms with Crippen LogP contribution in [-0.2, 0) is 9.84 Å². The number of benzene rings is 2. The van der Waals surface area contributed by atoms with Gasteiger partial charge >= 0.3 is 0 Å². The molecule has 1 unspecified atom stereocenters. The van der Waals surface area contributed by atoms with Crippen LogP contribution >= 0.6 is 0 Å². The van der Waals surface area contributed by atoms with E-state index in [0.29, 0.717) is 17.4 Å². The Morgan fingerprint density at radius 2 is 1.79 bits per heavy atom. The van der Waals surface area contributed by atoms with Gasteiger partial charge in [0.25, 0.3) is 0 Å². The monoisotopic (exact) mass is 407 g/mol. The number of nitrogens with one attached hydrogen (secondary N) is 2. The highest BCUT2D eigenvalue weighted by Gasteiger charge is 2.14. The fourth-order valence-electron chi connectivity index (χ4n) is 2.41. The summed E-state index contributed by atoms with van der Waals surface area (Å²) in [4.78, 5) is 4.68. The Morgan fingerprint density at radius 1 is 1.11 bits per heavy atom. The smallest absolute Gasteiger partial charge is 0.191 e. The number of sulfone groups is 1. The number of aliphatic imine (C=N–C) groups is 1. The standard InChI is InChI=1S/C20H26FN3O3S/c1-3-22-20(23-13-14-28(25,26)17-9-5-4-6-10-17)24-15-16(2)27-19-12-8-7-11-18(19)21/h4-12,16H,3,13-15H2,1-2H3,(H2,22,23,24). The molecular formula is C20H26FN3O3S. The molecule has 0 aliphatic carbocycles. The van der Waals surface area contributed by atoms with Gasteiger partial charge in [0.1, 0.15) is 6.10 Å². The summed E-state index contributed by atoms with van der Waals surface area (Å²) in [6.07, 6.45) is -0.347. The predicted octanol–water partition coefficient (Wildman–Crippen LogP) is 2.62. The largest absolute Gasteiger partial charge is 0.486 e. The average Bonchev–Trinajstić information content (AvgIpc) is 2.68. The van der Waals surface area contributed by atoms with Crippen LogP contribution in [0.25, 0.3) is 0 Å². The molecule has 0 fully saturated rings. The Bertz CT molecular complexity index is 873. The number of hydrogen-bond donors (Lipinski definition) is 2. The lowest BCUT2D eigenvalue weighted by Gasteiger charge is -2.15. The Labute approximate surface area is 165 Å². The van der Waals surface area contributed by atoms with Gasteiger partial charge < -0.3 is 15.4 Å². The van der Waals surface area contributed by atoms with Crippen molar-refractivity contribution >= 4 is 15.8 Å². The summed E-state index contributed by atoms with van der Waals surface area (Å²) in [5.41, 5.74) is 0. The van der Waals surface area contributed by atoms with Gasteiger partial charge in [0.15, 0.2) is 27.4 Å². The fraction of sp³-hybridized carbons (Fsp3) is 0.350. The van der Waals surface area contributed by atoms with Crippen molar-refractivity contribution in [2.24, 2.45) is 4.99 Å². The van der Waals surface area contributed by atoms with E-state index >= 15 is 0 Å². The van der Waals surface area contributed by atoms with E-state index < -0.39 is 15.7 Å². The molecule has 0 saturated carbocycles. The molecule has 6 nitrogen and oxygen atoms in total. The number of guanidine groups is 1. The first kappa shape index (κ1) is 21.7. The summed E-state index contributed by atoms with van der Waals surface area (Å²) < 4.78 is 43.8. The summed E-state index contributed by atoms with van der Waals surface area (Å²) in [6.45, 7) is 4.83. The molecule has 0 heterocycles. The van der Waals surface area contributed by atoms with Crippen LogP contribution in [0.3, 0.4) is 0 Å². The molecule has 0 radical (unpaired) electrons. The van der Waals surface area contributed by atoms with Gasteiger partial charge in [-0.25, -0.2) is 17.8 Å². The number of hydrogen-bond acceptors (Lipinski definition) is 4. The minimum atomic E-state index is -3.36. The predicted molar refractivity (Wildman–Crippen MR) is 109 cm³/mol. The van der Waals surface area contributed by atoms with E-state index in [1.54, 1.807) is 55.5 Å². The van der Waals surface area contributed by atoms with Gasteiger partial charge in [0, 0.05) is 13.1 Å². The first-order valence-corrected chi connectivity index (χ1v) is 10.8. The first-order chi connectivity index (χ1) is 13.4. The minimum Gasteiger partial charge on any atom is -0.486 e. The third-order valence-electron chi connectivity index (χ3n) is 3.78. The van der Waals surface area contributed by atoms with Crippen LogP contribution in [0, 0.1) is 5.82 Å². The maximum atomic E-state index is 13.6. The number of rotatable bonds is 9. The van der Waals surface area contributed by atoms with E-state index in [1.807, 2.05) is 6.92 Å². The van der Waals surface area contributed by atoms with Crippen LogP contribution in [0.2, 0.25) is 0 Å². The molecule has 1 atom stereocenters. The molecule has 28 heavy (non-hydrogen) atoms. The van der Waals surface area contributed by atoms with E-state index in [0.717, 1.165) is 0 Å². The number of halogens is 1. The highest BCUT2D eigenvalue weighted by atomic mass is 32.2. The topological polar surface area (TPSA) is 79.8 Å². The van der Waals surface area contributed by atoms with Crippen molar-refractivity contribution < 1.29 is 17.5 Å². The van der Waals surface area contributed by atoms with E-state index in [-0.39, 0.29) is 30.7 Å². The summed E-state index contributed by atoms with van der Waals surface area (Å²) in [5, 5.41) is 6.06. The molecule has 152 valence electrons. The van der Waals surface area contributed by atoms with E-state index in [1.165, 1.54) is 6.07 Å². The quantitative estimate of drug-likeness (QED) is 0.493. The second kappa shape index (κ2) is 10.7. The summed E-state index contributed by atoms with van der Waals surface area (Å²) in [5.74, 6) is 0.184. The lowest BCUT2D eigenvalue weighted by molar-refractivity contribution is 0.220. The average molecular weight is 408 g/mol. The van der Waals surface area contributed by atoms with Gasteiger partial charge in [-0.3, -0.25) is 0 Å². The highest BCUT2D eigenvalue weighted by Crippen LogP contribution is 2.17. The molecule has 2 N–H and O–H groups in total. The fourth-order valence-corrected chi connectivity index (χ4v) is 3.58. The zero-order valence-electron chi connectivity index (χ0n) is 16.1. The second-order valence-electron chi connectivity index (χ2n) is 6.14. The summed E-state index contributed by atoms with van der Waals surface area (Å²) in [6, 6.07) is 14.5. The second-order valence-corrected chi connectivity index (χ2v) is 8.25. The molecule has 0 aliphatic rings. The van der Waals surface area contributed by atoms with Crippen molar-refractivity contribution in [3.05, 3.63) is 60.4 Å². The summed E-state index contributed by atoms with van der Waals surface area (Å²) in [7, 11) is -3.36. The molecular weight excluding hydrogens is 381 g/mol. The van der Waals surface area contributed by atoms with Gasteiger partial charge in [-0.15, -0.1) is 0 Å². The molecule has 0 spiro atoms. The minimum absolute atomic E-state index is 0.0529. The van der Waals surface area contributed by atoms with Gasteiger partial charge in [-0.2, -0.15) is 0 Å². The maximum absolute atomic E-state index is 13.6. The van der Waals surface area contributed by atoms with E-state index in [9.17, 15) is 12.8 Å². The normalized spacial score (nSPS) is 13.0. The van der Waals surface area contributed by atoms with Gasteiger partial charge in [-0.05, 0) is 38.1 Å². The van der Waals surface area contributed by atoms with Gasteiger partial charge in [0.05, 0.1) is 17.2 Å². The van der Waals surface area contributed by atoms with Crippen molar-refractivity contribution in [1.82, 2.24) is 10.6 Å². The molecule has 2 aromatic rings. The van der Waals surface area contributed by atoms with Gasteiger partial charge in [-0.1, -0.05) is 30.3 Å². The van der Waals surface area contributed by atoms with Crippen LogP contribution < -0.4 is 15.4 Å². The van der Waals surface area contributed by atoms with Crippen LogP contribution in [-0.4, -0.2) is 45.9 Å². The third kappa shape index (κ3) is 6.84. The number of ether oxygens (including phenoxy) is 1. The molecule has 0 saturated heterocycles. The van der Waals surface area contributed by atoms with E-state index in [2.05, 4.69) is 15.6 Å².